The molecule has 0 aliphatic carbocycles. The van der Waals surface area contributed by atoms with Crippen molar-refractivity contribution in [3.8, 4) is 0 Å². The van der Waals surface area contributed by atoms with E-state index in [2.05, 4.69) is 54.5 Å². The Bertz CT molecular complexity index is 257. The zero-order chi connectivity index (χ0) is 14.9. The van der Waals surface area contributed by atoms with Gasteiger partial charge in [-0.05, 0) is 36.5 Å². The molecule has 0 saturated heterocycles. The maximum Gasteiger partial charge on any atom is -0.0238 e. The molecule has 0 aliphatic heterocycles. The molecule has 0 radical (unpaired) electrons. The predicted molar refractivity (Wildman–Crippen MR) is 89.6 cm³/mol. The fraction of sp³-hybridized carbons (Fsp3) is 0.895. The maximum atomic E-state index is 2.53. The molecule has 0 rings (SSSR count). The Morgan fingerprint density at radius 2 is 1.37 bits per heavy atom. The number of hydrogen-bond acceptors (Lipinski definition) is 0. The number of allylic oxidation sites excluding steroid dienone is 2. The summed E-state index contributed by atoms with van der Waals surface area (Å²) in [6.45, 7) is 16.7. The quantitative estimate of drug-likeness (QED) is 0.291. The van der Waals surface area contributed by atoms with E-state index in [4.69, 9.17) is 0 Å². The van der Waals surface area contributed by atoms with E-state index >= 15 is 0 Å². The molecule has 0 bridgehead atoms. The molecule has 0 aromatic rings. The highest BCUT2D eigenvalue weighted by atomic mass is 14.4. The van der Waals surface area contributed by atoms with Crippen molar-refractivity contribution in [1.82, 2.24) is 0 Å². The van der Waals surface area contributed by atoms with Gasteiger partial charge in [-0.15, -0.1) is 0 Å². The van der Waals surface area contributed by atoms with Crippen molar-refractivity contribution in [2.45, 2.75) is 99.8 Å². The summed E-state index contributed by atoms with van der Waals surface area (Å²) in [6.07, 6.45) is 12.8. The van der Waals surface area contributed by atoms with Crippen molar-refractivity contribution in [3.05, 3.63) is 11.6 Å². The number of hydrogen-bond donors (Lipinski definition) is 0. The summed E-state index contributed by atoms with van der Waals surface area (Å²) in [7, 11) is 0. The van der Waals surface area contributed by atoms with Crippen molar-refractivity contribution in [2.24, 2.45) is 10.8 Å². The van der Waals surface area contributed by atoms with Crippen LogP contribution >= 0.6 is 0 Å². The van der Waals surface area contributed by atoms with Crippen LogP contribution in [0, 0.1) is 10.8 Å². The molecule has 1 atom stereocenters. The molecule has 0 fully saturated rings. The average Bonchev–Trinajstić information content (AvgIpc) is 2.45. The van der Waals surface area contributed by atoms with Crippen LogP contribution < -0.4 is 0 Å². The van der Waals surface area contributed by atoms with Crippen molar-refractivity contribution in [1.29, 1.82) is 0 Å². The third-order valence-corrected chi connectivity index (χ3v) is 5.86. The lowest BCUT2D eigenvalue weighted by Crippen LogP contribution is -2.36. The molecule has 0 saturated carbocycles. The highest BCUT2D eigenvalue weighted by Crippen LogP contribution is 2.50. The van der Waals surface area contributed by atoms with Gasteiger partial charge in [0.1, 0.15) is 0 Å². The molecular weight excluding hydrogens is 228 g/mol. The lowest BCUT2D eigenvalue weighted by Gasteiger charge is -2.46. The lowest BCUT2D eigenvalue weighted by atomic mass is 9.58. The van der Waals surface area contributed by atoms with Gasteiger partial charge in [-0.2, -0.15) is 0 Å². The third-order valence-electron chi connectivity index (χ3n) is 5.86. The van der Waals surface area contributed by atoms with Gasteiger partial charge >= 0.3 is 0 Å². The van der Waals surface area contributed by atoms with Crippen LogP contribution in [-0.4, -0.2) is 0 Å². The summed E-state index contributed by atoms with van der Waals surface area (Å²) in [5.41, 5.74) is 2.61. The minimum Gasteiger partial charge on any atom is -0.0853 e. The topological polar surface area (TPSA) is 0 Å². The summed E-state index contributed by atoms with van der Waals surface area (Å²) in [5.74, 6) is 0. The molecule has 0 amide bonds. The Labute approximate surface area is 123 Å². The van der Waals surface area contributed by atoms with Gasteiger partial charge in [0.25, 0.3) is 0 Å². The lowest BCUT2D eigenvalue weighted by molar-refractivity contribution is 0.0534. The van der Waals surface area contributed by atoms with Gasteiger partial charge < -0.3 is 0 Å². The summed E-state index contributed by atoms with van der Waals surface area (Å²) in [6, 6.07) is 0. The molecule has 19 heavy (non-hydrogen) atoms. The van der Waals surface area contributed by atoms with E-state index in [0.717, 1.165) is 0 Å². The second-order valence-corrected chi connectivity index (χ2v) is 6.72. The van der Waals surface area contributed by atoms with Crippen LogP contribution in [0.15, 0.2) is 11.6 Å². The van der Waals surface area contributed by atoms with Crippen LogP contribution in [0.25, 0.3) is 0 Å². The fourth-order valence-electron chi connectivity index (χ4n) is 3.22. The van der Waals surface area contributed by atoms with E-state index < -0.39 is 0 Å². The Hall–Kier alpha value is -0.260. The van der Waals surface area contributed by atoms with Gasteiger partial charge in [-0.3, -0.25) is 0 Å². The average molecular weight is 267 g/mol. The predicted octanol–water partition coefficient (Wildman–Crippen LogP) is 7.15. The fourth-order valence-corrected chi connectivity index (χ4v) is 3.22. The molecule has 0 heteroatoms. The standard InChI is InChI=1S/C19H38/c1-8-13-14-15-17(9-2)16-19(7,12-5)18(6,10-3)11-4/h15H,8-14,16H2,1-7H3. The first-order chi connectivity index (χ1) is 8.92. The number of rotatable bonds is 10. The highest BCUT2D eigenvalue weighted by Gasteiger charge is 2.40. The third kappa shape index (κ3) is 4.97. The van der Waals surface area contributed by atoms with Crippen molar-refractivity contribution < 1.29 is 0 Å². The van der Waals surface area contributed by atoms with Crippen molar-refractivity contribution >= 4 is 0 Å². The monoisotopic (exact) mass is 266 g/mol. The van der Waals surface area contributed by atoms with Gasteiger partial charge in [0, 0.05) is 0 Å². The molecular formula is C19H38. The molecule has 114 valence electrons. The van der Waals surface area contributed by atoms with E-state index in [9.17, 15) is 0 Å². The SMILES string of the molecule is CCCCC=C(CC)CC(C)(CC)C(C)(CC)CC. The van der Waals surface area contributed by atoms with E-state index in [1.165, 1.54) is 51.4 Å². The van der Waals surface area contributed by atoms with Crippen LogP contribution in [-0.2, 0) is 0 Å². The molecule has 1 unspecified atom stereocenters. The van der Waals surface area contributed by atoms with Crippen LogP contribution in [0.2, 0.25) is 0 Å². The first kappa shape index (κ1) is 18.7. The molecule has 0 spiro atoms. The van der Waals surface area contributed by atoms with Crippen LogP contribution in [0.4, 0.5) is 0 Å². The zero-order valence-corrected chi connectivity index (χ0v) is 14.7. The van der Waals surface area contributed by atoms with E-state index in [1.807, 2.05) is 0 Å². The molecule has 0 aromatic heterocycles. The minimum atomic E-state index is 0.449. The number of unbranched alkanes of at least 4 members (excludes halogenated alkanes) is 2. The minimum absolute atomic E-state index is 0.449. The molecule has 0 nitrogen and oxygen atoms in total. The van der Waals surface area contributed by atoms with Gasteiger partial charge in [0.2, 0.25) is 0 Å². The van der Waals surface area contributed by atoms with E-state index in [1.54, 1.807) is 5.57 Å². The molecule has 0 N–H and O–H groups in total. The van der Waals surface area contributed by atoms with Crippen LogP contribution in [0.1, 0.15) is 99.8 Å². The van der Waals surface area contributed by atoms with Gasteiger partial charge in [0.05, 0.1) is 0 Å². The summed E-state index contributed by atoms with van der Waals surface area (Å²) >= 11 is 0. The smallest absolute Gasteiger partial charge is 0.0238 e. The van der Waals surface area contributed by atoms with Crippen molar-refractivity contribution in [2.75, 3.05) is 0 Å². The largest absolute Gasteiger partial charge is 0.0853 e. The van der Waals surface area contributed by atoms with Crippen LogP contribution in [0.3, 0.4) is 0 Å². The van der Waals surface area contributed by atoms with Crippen LogP contribution in [0.5, 0.6) is 0 Å². The molecule has 0 heterocycles. The van der Waals surface area contributed by atoms with E-state index in [-0.39, 0.29) is 0 Å². The summed E-state index contributed by atoms with van der Waals surface area (Å²) in [5, 5.41) is 0. The Morgan fingerprint density at radius 1 is 0.842 bits per heavy atom. The molecule has 0 aliphatic rings. The van der Waals surface area contributed by atoms with Gasteiger partial charge in [-0.1, -0.05) is 85.8 Å². The highest BCUT2D eigenvalue weighted by molar-refractivity contribution is 5.08. The van der Waals surface area contributed by atoms with Gasteiger partial charge in [0.15, 0.2) is 0 Å². The first-order valence-corrected chi connectivity index (χ1v) is 8.60. The second-order valence-electron chi connectivity index (χ2n) is 6.72. The van der Waals surface area contributed by atoms with Gasteiger partial charge in [-0.25, -0.2) is 0 Å². The first-order valence-electron chi connectivity index (χ1n) is 8.60. The Balaban J connectivity index is 4.98. The zero-order valence-electron chi connectivity index (χ0n) is 14.7. The Morgan fingerprint density at radius 3 is 1.74 bits per heavy atom. The molecule has 0 aromatic carbocycles. The summed E-state index contributed by atoms with van der Waals surface area (Å²) in [4.78, 5) is 0. The summed E-state index contributed by atoms with van der Waals surface area (Å²) < 4.78 is 0. The maximum absolute atomic E-state index is 2.53. The second kappa shape index (κ2) is 8.82. The Kier molecular flexibility index (Phi) is 8.70. The van der Waals surface area contributed by atoms with Crippen molar-refractivity contribution in [3.63, 3.8) is 0 Å². The van der Waals surface area contributed by atoms with E-state index in [0.29, 0.717) is 10.8 Å². The normalized spacial score (nSPS) is 16.5.